The second kappa shape index (κ2) is 6.05. The molecule has 116 valence electrons. The number of pyridine rings is 2. The summed E-state index contributed by atoms with van der Waals surface area (Å²) in [6, 6.07) is 11.5. The maximum Gasteiger partial charge on any atom is 0.136 e. The Balaban J connectivity index is 1.52. The third kappa shape index (κ3) is 2.94. The van der Waals surface area contributed by atoms with Crippen LogP contribution in [0.4, 0.5) is 5.82 Å². The van der Waals surface area contributed by atoms with Crippen molar-refractivity contribution in [1.29, 1.82) is 0 Å². The fourth-order valence-corrected chi connectivity index (χ4v) is 3.10. The third-order valence-electron chi connectivity index (χ3n) is 4.10. The molecular formula is C18H16ClN3O. The number of ether oxygens (including phenoxy) is 1. The van der Waals surface area contributed by atoms with E-state index in [-0.39, 0.29) is 6.10 Å². The van der Waals surface area contributed by atoms with E-state index in [1.54, 1.807) is 0 Å². The lowest BCUT2D eigenvalue weighted by Gasteiger charge is -2.19. The number of nitrogens with zero attached hydrogens (tertiary/aromatic N) is 3. The average molecular weight is 326 g/mol. The van der Waals surface area contributed by atoms with Crippen LogP contribution in [0.15, 0.2) is 55.0 Å². The number of hydrogen-bond donors (Lipinski definition) is 0. The first-order valence-electron chi connectivity index (χ1n) is 7.65. The highest BCUT2D eigenvalue weighted by molar-refractivity contribution is 6.30. The smallest absolute Gasteiger partial charge is 0.136 e. The van der Waals surface area contributed by atoms with E-state index in [0.29, 0.717) is 0 Å². The van der Waals surface area contributed by atoms with Crippen LogP contribution >= 0.6 is 11.6 Å². The van der Waals surface area contributed by atoms with E-state index in [0.717, 1.165) is 46.9 Å². The van der Waals surface area contributed by atoms with Gasteiger partial charge in [-0.15, -0.1) is 0 Å². The van der Waals surface area contributed by atoms with Gasteiger partial charge in [-0.3, -0.25) is 4.98 Å². The Labute approximate surface area is 139 Å². The highest BCUT2D eigenvalue weighted by atomic mass is 35.5. The van der Waals surface area contributed by atoms with Crippen LogP contribution in [0.25, 0.3) is 10.8 Å². The summed E-state index contributed by atoms with van der Waals surface area (Å²) in [5.74, 6) is 1.86. The van der Waals surface area contributed by atoms with Crippen LogP contribution in [0.5, 0.6) is 5.75 Å². The van der Waals surface area contributed by atoms with Crippen LogP contribution in [0.1, 0.15) is 6.42 Å². The number of rotatable bonds is 3. The quantitative estimate of drug-likeness (QED) is 0.731. The lowest BCUT2D eigenvalue weighted by atomic mass is 10.2. The molecule has 4 nitrogen and oxygen atoms in total. The van der Waals surface area contributed by atoms with E-state index in [1.807, 2.05) is 55.0 Å². The zero-order valence-electron chi connectivity index (χ0n) is 12.5. The molecule has 3 heterocycles. The molecule has 4 rings (SSSR count). The number of halogens is 1. The predicted octanol–water partition coefficient (Wildman–Crippen LogP) is 3.94. The summed E-state index contributed by atoms with van der Waals surface area (Å²) in [7, 11) is 0. The molecule has 0 N–H and O–H groups in total. The normalized spacial score (nSPS) is 17.6. The number of fused-ring (bicyclic) bond motifs is 1. The zero-order valence-corrected chi connectivity index (χ0v) is 13.3. The van der Waals surface area contributed by atoms with Crippen LogP contribution in [0.3, 0.4) is 0 Å². The van der Waals surface area contributed by atoms with E-state index in [9.17, 15) is 0 Å². The fourth-order valence-electron chi connectivity index (χ4n) is 2.98. The van der Waals surface area contributed by atoms with Gasteiger partial charge in [0.1, 0.15) is 17.7 Å². The van der Waals surface area contributed by atoms with Gasteiger partial charge in [0.15, 0.2) is 0 Å². The topological polar surface area (TPSA) is 38.2 Å². The zero-order chi connectivity index (χ0) is 15.6. The van der Waals surface area contributed by atoms with Gasteiger partial charge in [-0.05, 0) is 36.4 Å². The fraction of sp³-hybridized carbons (Fsp3) is 0.222. The Hall–Kier alpha value is -2.33. The molecule has 1 unspecified atom stereocenters. The molecular weight excluding hydrogens is 310 g/mol. The Bertz CT molecular complexity index is 817. The Kier molecular flexibility index (Phi) is 3.75. The summed E-state index contributed by atoms with van der Waals surface area (Å²) in [6.07, 6.45) is 6.66. The predicted molar refractivity (Wildman–Crippen MR) is 92.2 cm³/mol. The largest absolute Gasteiger partial charge is 0.489 e. The van der Waals surface area contributed by atoms with Crippen molar-refractivity contribution in [3.8, 4) is 5.75 Å². The summed E-state index contributed by atoms with van der Waals surface area (Å²) in [4.78, 5) is 11.0. The molecule has 1 atom stereocenters. The lowest BCUT2D eigenvalue weighted by Crippen LogP contribution is -2.25. The maximum absolute atomic E-state index is 6.05. The van der Waals surface area contributed by atoms with Crippen LogP contribution in [-0.4, -0.2) is 29.2 Å². The molecule has 1 saturated heterocycles. The molecule has 2 aromatic heterocycles. The second-order valence-corrected chi connectivity index (χ2v) is 6.10. The minimum absolute atomic E-state index is 0.162. The van der Waals surface area contributed by atoms with E-state index in [1.165, 1.54) is 0 Å². The Morgan fingerprint density at radius 3 is 2.83 bits per heavy atom. The van der Waals surface area contributed by atoms with E-state index >= 15 is 0 Å². The van der Waals surface area contributed by atoms with Crippen LogP contribution in [0.2, 0.25) is 5.02 Å². The summed E-state index contributed by atoms with van der Waals surface area (Å²) < 4.78 is 6.05. The first kappa shape index (κ1) is 14.3. The van der Waals surface area contributed by atoms with Gasteiger partial charge in [-0.25, -0.2) is 4.98 Å². The lowest BCUT2D eigenvalue weighted by molar-refractivity contribution is 0.225. The molecule has 5 heteroatoms. The van der Waals surface area contributed by atoms with Gasteiger partial charge in [0.05, 0.1) is 6.54 Å². The molecule has 1 aromatic carbocycles. The molecule has 1 fully saturated rings. The van der Waals surface area contributed by atoms with Gasteiger partial charge in [-0.2, -0.15) is 0 Å². The molecule has 3 aromatic rings. The average Bonchev–Trinajstić information content (AvgIpc) is 3.05. The van der Waals surface area contributed by atoms with Crippen molar-refractivity contribution in [1.82, 2.24) is 9.97 Å². The van der Waals surface area contributed by atoms with Crippen molar-refractivity contribution >= 4 is 28.2 Å². The highest BCUT2D eigenvalue weighted by Crippen LogP contribution is 2.28. The summed E-state index contributed by atoms with van der Waals surface area (Å²) in [5.41, 5.74) is 0. The van der Waals surface area contributed by atoms with Crippen molar-refractivity contribution in [3.05, 3.63) is 60.0 Å². The van der Waals surface area contributed by atoms with E-state index in [4.69, 9.17) is 16.3 Å². The summed E-state index contributed by atoms with van der Waals surface area (Å²) >= 11 is 5.91. The van der Waals surface area contributed by atoms with Crippen LogP contribution < -0.4 is 9.64 Å². The first-order valence-corrected chi connectivity index (χ1v) is 8.03. The van der Waals surface area contributed by atoms with Gasteiger partial charge >= 0.3 is 0 Å². The standard InChI is InChI=1S/C18H16ClN3O/c19-14-1-3-15(4-2-14)23-16-7-10-22(12-16)18-17-6-8-20-11-13(17)5-9-21-18/h1-6,8-9,11,16H,7,10,12H2. The van der Waals surface area contributed by atoms with Gasteiger partial charge in [0.2, 0.25) is 0 Å². The Morgan fingerprint density at radius 1 is 1.09 bits per heavy atom. The van der Waals surface area contributed by atoms with Crippen molar-refractivity contribution < 1.29 is 4.74 Å². The van der Waals surface area contributed by atoms with Gasteiger partial charge < -0.3 is 9.64 Å². The van der Waals surface area contributed by atoms with E-state index < -0.39 is 0 Å². The van der Waals surface area contributed by atoms with Gasteiger partial charge in [-0.1, -0.05) is 11.6 Å². The second-order valence-electron chi connectivity index (χ2n) is 5.66. The summed E-state index contributed by atoms with van der Waals surface area (Å²) in [6.45, 7) is 1.77. The third-order valence-corrected chi connectivity index (χ3v) is 4.36. The van der Waals surface area contributed by atoms with Crippen LogP contribution in [0, 0.1) is 0 Å². The minimum atomic E-state index is 0.162. The molecule has 0 bridgehead atoms. The molecule has 0 saturated carbocycles. The van der Waals surface area contributed by atoms with E-state index in [2.05, 4.69) is 14.9 Å². The molecule has 0 aliphatic carbocycles. The number of anilines is 1. The highest BCUT2D eigenvalue weighted by Gasteiger charge is 2.26. The number of aromatic nitrogens is 2. The maximum atomic E-state index is 6.05. The SMILES string of the molecule is Clc1ccc(OC2CCN(c3nccc4cnccc34)C2)cc1. The number of hydrogen-bond acceptors (Lipinski definition) is 4. The van der Waals surface area contributed by atoms with Crippen molar-refractivity contribution in [3.63, 3.8) is 0 Å². The van der Waals surface area contributed by atoms with Crippen molar-refractivity contribution in [2.24, 2.45) is 0 Å². The van der Waals surface area contributed by atoms with Crippen molar-refractivity contribution in [2.75, 3.05) is 18.0 Å². The summed E-state index contributed by atoms with van der Waals surface area (Å²) in [5, 5.41) is 2.97. The first-order chi connectivity index (χ1) is 11.3. The molecule has 0 radical (unpaired) electrons. The van der Waals surface area contributed by atoms with Crippen LogP contribution in [-0.2, 0) is 0 Å². The molecule has 1 aliphatic heterocycles. The van der Waals surface area contributed by atoms with Crippen molar-refractivity contribution in [2.45, 2.75) is 12.5 Å². The molecule has 23 heavy (non-hydrogen) atoms. The minimum Gasteiger partial charge on any atom is -0.489 e. The monoisotopic (exact) mass is 325 g/mol. The molecule has 0 spiro atoms. The molecule has 0 amide bonds. The van der Waals surface area contributed by atoms with Gasteiger partial charge in [0, 0.05) is 47.4 Å². The number of benzene rings is 1. The molecule has 1 aliphatic rings. The Morgan fingerprint density at radius 2 is 1.96 bits per heavy atom. The van der Waals surface area contributed by atoms with Gasteiger partial charge in [0.25, 0.3) is 0 Å².